The standard InChI is InChI=1S/C9H11ClS/c1-7-3-5-9(6-4-7)11-8(2)10/h3-6,8H,1-2H3. The highest BCUT2D eigenvalue weighted by Crippen LogP contribution is 2.25. The molecule has 0 aliphatic rings. The van der Waals surface area contributed by atoms with Gasteiger partial charge in [-0.15, -0.1) is 23.4 Å². The summed E-state index contributed by atoms with van der Waals surface area (Å²) in [6.07, 6.45) is 0. The van der Waals surface area contributed by atoms with E-state index >= 15 is 0 Å². The first-order valence-electron chi connectivity index (χ1n) is 3.56. The van der Waals surface area contributed by atoms with Crippen molar-refractivity contribution in [1.82, 2.24) is 0 Å². The van der Waals surface area contributed by atoms with Crippen LogP contribution >= 0.6 is 23.4 Å². The maximum atomic E-state index is 5.82. The quantitative estimate of drug-likeness (QED) is 0.502. The lowest BCUT2D eigenvalue weighted by atomic mass is 10.2. The van der Waals surface area contributed by atoms with Gasteiger partial charge >= 0.3 is 0 Å². The van der Waals surface area contributed by atoms with E-state index in [0.717, 1.165) is 0 Å². The predicted molar refractivity (Wildman–Crippen MR) is 52.4 cm³/mol. The SMILES string of the molecule is Cc1ccc(SC(C)Cl)cc1. The lowest BCUT2D eigenvalue weighted by molar-refractivity contribution is 1.34. The molecule has 0 saturated carbocycles. The molecule has 0 aliphatic carbocycles. The Bertz CT molecular complexity index is 216. The van der Waals surface area contributed by atoms with Gasteiger partial charge in [-0.05, 0) is 26.0 Å². The molecule has 1 atom stereocenters. The highest BCUT2D eigenvalue weighted by Gasteiger charge is 1.97. The molecule has 0 radical (unpaired) electrons. The molecule has 0 nitrogen and oxygen atoms in total. The van der Waals surface area contributed by atoms with E-state index in [0.29, 0.717) is 0 Å². The second kappa shape index (κ2) is 4.03. The molecule has 1 rings (SSSR count). The van der Waals surface area contributed by atoms with Crippen LogP contribution < -0.4 is 0 Å². The van der Waals surface area contributed by atoms with E-state index in [1.54, 1.807) is 11.8 Å². The number of halogens is 1. The van der Waals surface area contributed by atoms with E-state index in [-0.39, 0.29) is 4.71 Å². The first-order valence-corrected chi connectivity index (χ1v) is 4.87. The van der Waals surface area contributed by atoms with Crippen LogP contribution in [0.4, 0.5) is 0 Å². The number of alkyl halides is 1. The minimum atomic E-state index is 0.151. The number of thioether (sulfide) groups is 1. The van der Waals surface area contributed by atoms with Crippen molar-refractivity contribution in [2.75, 3.05) is 0 Å². The molecule has 0 bridgehead atoms. The lowest BCUT2D eigenvalue weighted by Crippen LogP contribution is -1.81. The lowest BCUT2D eigenvalue weighted by Gasteiger charge is -2.02. The van der Waals surface area contributed by atoms with Gasteiger partial charge in [0.05, 0.1) is 4.71 Å². The molecule has 0 aromatic heterocycles. The summed E-state index contributed by atoms with van der Waals surface area (Å²) < 4.78 is 0.151. The average molecular weight is 187 g/mol. The molecular weight excluding hydrogens is 176 g/mol. The zero-order chi connectivity index (χ0) is 8.27. The number of rotatable bonds is 2. The fraction of sp³-hybridized carbons (Fsp3) is 0.333. The van der Waals surface area contributed by atoms with Crippen LogP contribution in [0, 0.1) is 6.92 Å². The van der Waals surface area contributed by atoms with Crippen molar-refractivity contribution in [2.45, 2.75) is 23.5 Å². The molecule has 60 valence electrons. The molecule has 0 aliphatic heterocycles. The smallest absolute Gasteiger partial charge is 0.0807 e. The Morgan fingerprint density at radius 3 is 2.27 bits per heavy atom. The van der Waals surface area contributed by atoms with Crippen LogP contribution in [0.3, 0.4) is 0 Å². The summed E-state index contributed by atoms with van der Waals surface area (Å²) in [7, 11) is 0. The third-order valence-electron chi connectivity index (χ3n) is 1.32. The molecule has 0 heterocycles. The van der Waals surface area contributed by atoms with Crippen LogP contribution in [-0.4, -0.2) is 4.71 Å². The first-order chi connectivity index (χ1) is 5.18. The number of aryl methyl sites for hydroxylation is 1. The van der Waals surface area contributed by atoms with Gasteiger partial charge in [0, 0.05) is 4.90 Å². The highest BCUT2D eigenvalue weighted by atomic mass is 35.5. The summed E-state index contributed by atoms with van der Waals surface area (Å²) >= 11 is 7.49. The fourth-order valence-electron chi connectivity index (χ4n) is 0.804. The number of benzene rings is 1. The van der Waals surface area contributed by atoms with Crippen LogP contribution in [-0.2, 0) is 0 Å². The zero-order valence-corrected chi connectivity index (χ0v) is 8.25. The van der Waals surface area contributed by atoms with Crippen molar-refractivity contribution >= 4 is 23.4 Å². The van der Waals surface area contributed by atoms with Crippen molar-refractivity contribution < 1.29 is 0 Å². The van der Waals surface area contributed by atoms with Gasteiger partial charge < -0.3 is 0 Å². The molecule has 0 spiro atoms. The normalized spacial score (nSPS) is 13.0. The average Bonchev–Trinajstić information content (AvgIpc) is 1.93. The van der Waals surface area contributed by atoms with Crippen molar-refractivity contribution in [2.24, 2.45) is 0 Å². The van der Waals surface area contributed by atoms with Crippen molar-refractivity contribution in [3.8, 4) is 0 Å². The van der Waals surface area contributed by atoms with Gasteiger partial charge in [0.25, 0.3) is 0 Å². The summed E-state index contributed by atoms with van der Waals surface area (Å²) in [5.41, 5.74) is 1.29. The van der Waals surface area contributed by atoms with E-state index < -0.39 is 0 Å². The summed E-state index contributed by atoms with van der Waals surface area (Å²) in [4.78, 5) is 1.23. The molecular formula is C9H11ClS. The van der Waals surface area contributed by atoms with Gasteiger partial charge in [-0.2, -0.15) is 0 Å². The van der Waals surface area contributed by atoms with Gasteiger partial charge in [-0.25, -0.2) is 0 Å². The van der Waals surface area contributed by atoms with Gasteiger partial charge in [-0.3, -0.25) is 0 Å². The molecule has 0 amide bonds. The topological polar surface area (TPSA) is 0 Å². The predicted octanol–water partition coefficient (Wildman–Crippen LogP) is 3.67. The second-order valence-electron chi connectivity index (χ2n) is 2.47. The molecule has 1 unspecified atom stereocenters. The third kappa shape index (κ3) is 3.17. The largest absolute Gasteiger partial charge is 0.111 e. The maximum Gasteiger partial charge on any atom is 0.0807 e. The van der Waals surface area contributed by atoms with Crippen molar-refractivity contribution in [1.29, 1.82) is 0 Å². The Hall–Kier alpha value is -0.140. The van der Waals surface area contributed by atoms with E-state index in [9.17, 15) is 0 Å². The second-order valence-corrected chi connectivity index (χ2v) is 4.80. The summed E-state index contributed by atoms with van der Waals surface area (Å²) in [6, 6.07) is 8.39. The van der Waals surface area contributed by atoms with Crippen molar-refractivity contribution in [3.05, 3.63) is 29.8 Å². The Kier molecular flexibility index (Phi) is 3.28. The fourth-order valence-corrected chi connectivity index (χ4v) is 1.78. The van der Waals surface area contributed by atoms with E-state index in [2.05, 4.69) is 31.2 Å². The minimum absolute atomic E-state index is 0.151. The maximum absolute atomic E-state index is 5.82. The molecule has 1 aromatic rings. The Balaban J connectivity index is 2.66. The molecule has 0 saturated heterocycles. The van der Waals surface area contributed by atoms with Gasteiger partial charge in [0.2, 0.25) is 0 Å². The number of hydrogen-bond donors (Lipinski definition) is 0. The van der Waals surface area contributed by atoms with Gasteiger partial charge in [0.1, 0.15) is 0 Å². The zero-order valence-electron chi connectivity index (χ0n) is 6.67. The summed E-state index contributed by atoms with van der Waals surface area (Å²) in [5.74, 6) is 0. The van der Waals surface area contributed by atoms with E-state index in [1.807, 2.05) is 6.92 Å². The van der Waals surface area contributed by atoms with Crippen LogP contribution in [0.25, 0.3) is 0 Å². The first kappa shape index (κ1) is 8.95. The molecule has 2 heteroatoms. The van der Waals surface area contributed by atoms with E-state index in [1.165, 1.54) is 10.5 Å². The molecule has 1 aromatic carbocycles. The highest BCUT2D eigenvalue weighted by molar-refractivity contribution is 8.01. The Morgan fingerprint density at radius 1 is 1.27 bits per heavy atom. The molecule has 11 heavy (non-hydrogen) atoms. The van der Waals surface area contributed by atoms with Crippen LogP contribution in [0.2, 0.25) is 0 Å². The van der Waals surface area contributed by atoms with Gasteiger partial charge in [0.15, 0.2) is 0 Å². The van der Waals surface area contributed by atoms with E-state index in [4.69, 9.17) is 11.6 Å². The van der Waals surface area contributed by atoms with Crippen LogP contribution in [0.15, 0.2) is 29.2 Å². The van der Waals surface area contributed by atoms with Crippen LogP contribution in [0.5, 0.6) is 0 Å². The Labute approximate surface area is 77.0 Å². The third-order valence-corrected chi connectivity index (χ3v) is 2.46. The summed E-state index contributed by atoms with van der Waals surface area (Å²) in [5, 5.41) is 0. The molecule has 0 fully saturated rings. The van der Waals surface area contributed by atoms with Crippen LogP contribution in [0.1, 0.15) is 12.5 Å². The van der Waals surface area contributed by atoms with Gasteiger partial charge in [-0.1, -0.05) is 17.7 Å². The Morgan fingerprint density at radius 2 is 1.82 bits per heavy atom. The number of hydrogen-bond acceptors (Lipinski definition) is 1. The summed E-state index contributed by atoms with van der Waals surface area (Å²) in [6.45, 7) is 4.06. The monoisotopic (exact) mass is 186 g/mol. The van der Waals surface area contributed by atoms with Crippen molar-refractivity contribution in [3.63, 3.8) is 0 Å². The minimum Gasteiger partial charge on any atom is -0.111 e. The molecule has 0 N–H and O–H groups in total.